The molecule has 0 saturated carbocycles. The molecule has 9 nitrogen and oxygen atoms in total. The number of hydrogen-bond acceptors (Lipinski definition) is 9. The Kier molecular flexibility index (Phi) is 29.3. The van der Waals surface area contributed by atoms with Gasteiger partial charge in [-0.1, -0.05) is 84.0 Å². The molecular formula is C32H62O9. The molecule has 0 aromatic heterocycles. The van der Waals surface area contributed by atoms with Crippen molar-refractivity contribution in [3.8, 4) is 0 Å². The molecule has 0 aromatic carbocycles. The fraction of sp³-hybridized carbons (Fsp3) is 0.938. The van der Waals surface area contributed by atoms with E-state index in [0.717, 1.165) is 12.8 Å². The molecule has 0 saturated heterocycles. The maximum absolute atomic E-state index is 11.8. The highest BCUT2D eigenvalue weighted by molar-refractivity contribution is 5.71. The predicted octanol–water partition coefficient (Wildman–Crippen LogP) is 6.44. The van der Waals surface area contributed by atoms with Crippen molar-refractivity contribution in [2.75, 3.05) is 72.7 Å². The van der Waals surface area contributed by atoms with Gasteiger partial charge < -0.3 is 33.2 Å². The summed E-state index contributed by atoms with van der Waals surface area (Å²) in [5.74, 6) is -0.521. The predicted molar refractivity (Wildman–Crippen MR) is 161 cm³/mol. The lowest BCUT2D eigenvalue weighted by atomic mass is 10.0. The van der Waals surface area contributed by atoms with Crippen molar-refractivity contribution in [2.24, 2.45) is 0 Å². The van der Waals surface area contributed by atoms with E-state index < -0.39 is 5.60 Å². The highest BCUT2D eigenvalue weighted by Crippen LogP contribution is 2.13. The zero-order valence-electron chi connectivity index (χ0n) is 26.9. The highest BCUT2D eigenvalue weighted by atomic mass is 16.6. The Hall–Kier alpha value is -1.26. The number of unbranched alkanes of at least 4 members (excludes halogenated alkanes) is 12. The molecule has 0 atom stereocenters. The Morgan fingerprint density at radius 3 is 1.24 bits per heavy atom. The molecule has 0 unspecified atom stereocenters. The van der Waals surface area contributed by atoms with Gasteiger partial charge >= 0.3 is 11.9 Å². The standard InChI is InChI=1S/C32H62O9/c1-5-6-7-8-9-10-11-12-13-14-15-16-17-18-30(33)40-28-27-38-24-23-36-20-19-35-21-22-37-25-26-39-29-31(34)41-32(2,3)4/h5-29H2,1-4H3. The van der Waals surface area contributed by atoms with E-state index in [9.17, 15) is 9.59 Å². The molecule has 9 heteroatoms. The van der Waals surface area contributed by atoms with Gasteiger partial charge in [-0.25, -0.2) is 4.79 Å². The quantitative estimate of drug-likeness (QED) is 0.0667. The summed E-state index contributed by atoms with van der Waals surface area (Å²) in [5, 5.41) is 0. The fourth-order valence-corrected chi connectivity index (χ4v) is 3.98. The van der Waals surface area contributed by atoms with Crippen LogP contribution < -0.4 is 0 Å². The SMILES string of the molecule is CCCCCCCCCCCCCCCC(=O)OCCOCCOCCOCCOCCOCC(=O)OC(C)(C)C. The van der Waals surface area contributed by atoms with Crippen molar-refractivity contribution in [3.05, 3.63) is 0 Å². The van der Waals surface area contributed by atoms with Gasteiger partial charge in [0.05, 0.1) is 59.5 Å². The highest BCUT2D eigenvalue weighted by Gasteiger charge is 2.15. The third-order valence-corrected chi connectivity index (χ3v) is 6.10. The van der Waals surface area contributed by atoms with Gasteiger partial charge in [-0.2, -0.15) is 0 Å². The van der Waals surface area contributed by atoms with Crippen molar-refractivity contribution >= 4 is 11.9 Å². The molecule has 0 spiro atoms. The normalized spacial score (nSPS) is 11.6. The molecule has 0 aliphatic heterocycles. The minimum atomic E-state index is -0.507. The van der Waals surface area contributed by atoms with Gasteiger partial charge in [-0.15, -0.1) is 0 Å². The van der Waals surface area contributed by atoms with Crippen LogP contribution in [0.25, 0.3) is 0 Å². The maximum Gasteiger partial charge on any atom is 0.332 e. The van der Waals surface area contributed by atoms with Crippen molar-refractivity contribution in [2.45, 2.75) is 123 Å². The van der Waals surface area contributed by atoms with Crippen LogP contribution in [0.1, 0.15) is 118 Å². The smallest absolute Gasteiger partial charge is 0.332 e. The van der Waals surface area contributed by atoms with Gasteiger partial charge in [0, 0.05) is 6.42 Å². The zero-order valence-corrected chi connectivity index (χ0v) is 26.9. The lowest BCUT2D eigenvalue weighted by Crippen LogP contribution is -2.27. The molecule has 0 N–H and O–H groups in total. The molecule has 0 aromatic rings. The molecule has 41 heavy (non-hydrogen) atoms. The molecular weight excluding hydrogens is 528 g/mol. The van der Waals surface area contributed by atoms with Crippen LogP contribution in [0, 0.1) is 0 Å². The van der Waals surface area contributed by atoms with Gasteiger partial charge in [0.2, 0.25) is 0 Å². The van der Waals surface area contributed by atoms with Crippen LogP contribution >= 0.6 is 0 Å². The summed E-state index contributed by atoms with van der Waals surface area (Å²) in [4.78, 5) is 23.3. The second kappa shape index (κ2) is 30.2. The van der Waals surface area contributed by atoms with Gasteiger partial charge in [-0.05, 0) is 27.2 Å². The lowest BCUT2D eigenvalue weighted by molar-refractivity contribution is -0.160. The first-order valence-corrected chi connectivity index (χ1v) is 16.1. The summed E-state index contributed by atoms with van der Waals surface area (Å²) < 4.78 is 37.3. The Balaban J connectivity index is 3.21. The first-order chi connectivity index (χ1) is 19.8. The topological polar surface area (TPSA) is 98.8 Å². The summed E-state index contributed by atoms with van der Waals surface area (Å²) >= 11 is 0. The van der Waals surface area contributed by atoms with Crippen molar-refractivity contribution in [1.82, 2.24) is 0 Å². The van der Waals surface area contributed by atoms with E-state index >= 15 is 0 Å². The molecule has 0 heterocycles. The molecule has 244 valence electrons. The van der Waals surface area contributed by atoms with Crippen LogP contribution in [0.15, 0.2) is 0 Å². The number of carbonyl (C=O) groups excluding carboxylic acids is 2. The van der Waals surface area contributed by atoms with E-state index in [0.29, 0.717) is 65.9 Å². The first kappa shape index (κ1) is 39.7. The van der Waals surface area contributed by atoms with E-state index in [1.165, 1.54) is 70.6 Å². The van der Waals surface area contributed by atoms with Gasteiger partial charge in [-0.3, -0.25) is 4.79 Å². The average molecular weight is 591 g/mol. The maximum atomic E-state index is 11.8. The van der Waals surface area contributed by atoms with Gasteiger partial charge in [0.25, 0.3) is 0 Å². The summed E-state index contributed by atoms with van der Waals surface area (Å²) in [6.45, 7) is 11.7. The molecule has 0 fully saturated rings. The second-order valence-electron chi connectivity index (χ2n) is 11.3. The third kappa shape index (κ3) is 34.8. The van der Waals surface area contributed by atoms with Crippen LogP contribution in [-0.4, -0.2) is 90.2 Å². The van der Waals surface area contributed by atoms with Crippen molar-refractivity contribution in [3.63, 3.8) is 0 Å². The van der Waals surface area contributed by atoms with Crippen LogP contribution in [0.5, 0.6) is 0 Å². The Labute approximate surface area is 250 Å². The Bertz CT molecular complexity index is 578. The van der Waals surface area contributed by atoms with Crippen LogP contribution in [0.2, 0.25) is 0 Å². The minimum Gasteiger partial charge on any atom is -0.463 e. The number of esters is 2. The Morgan fingerprint density at radius 2 is 0.829 bits per heavy atom. The molecule has 0 radical (unpaired) electrons. The largest absolute Gasteiger partial charge is 0.463 e. The van der Waals surface area contributed by atoms with Gasteiger partial charge in [0.1, 0.15) is 18.8 Å². The summed E-state index contributed by atoms with van der Waals surface area (Å²) in [6, 6.07) is 0. The third-order valence-electron chi connectivity index (χ3n) is 6.10. The van der Waals surface area contributed by atoms with Crippen molar-refractivity contribution < 1.29 is 42.7 Å². The van der Waals surface area contributed by atoms with E-state index in [1.807, 2.05) is 20.8 Å². The number of rotatable bonds is 31. The number of ether oxygens (including phenoxy) is 7. The van der Waals surface area contributed by atoms with Gasteiger partial charge in [0.15, 0.2) is 0 Å². The molecule has 0 rings (SSSR count). The van der Waals surface area contributed by atoms with Crippen LogP contribution in [0.4, 0.5) is 0 Å². The van der Waals surface area contributed by atoms with Crippen molar-refractivity contribution in [1.29, 1.82) is 0 Å². The minimum absolute atomic E-state index is 0.0805. The lowest BCUT2D eigenvalue weighted by Gasteiger charge is -2.19. The van der Waals surface area contributed by atoms with Crippen LogP contribution in [-0.2, 0) is 42.7 Å². The van der Waals surface area contributed by atoms with E-state index in [2.05, 4.69) is 6.92 Å². The second-order valence-corrected chi connectivity index (χ2v) is 11.3. The van der Waals surface area contributed by atoms with E-state index in [4.69, 9.17) is 33.2 Å². The molecule has 0 amide bonds. The fourth-order valence-electron chi connectivity index (χ4n) is 3.98. The molecule has 0 aliphatic carbocycles. The zero-order chi connectivity index (χ0) is 30.3. The van der Waals surface area contributed by atoms with E-state index in [1.54, 1.807) is 0 Å². The summed E-state index contributed by atoms with van der Waals surface area (Å²) in [5.41, 5.74) is -0.507. The number of hydrogen-bond donors (Lipinski definition) is 0. The number of carbonyl (C=O) groups is 2. The average Bonchev–Trinajstić information content (AvgIpc) is 2.92. The van der Waals surface area contributed by atoms with E-state index in [-0.39, 0.29) is 25.2 Å². The molecule has 0 bridgehead atoms. The monoisotopic (exact) mass is 590 g/mol. The first-order valence-electron chi connectivity index (χ1n) is 16.1. The Morgan fingerprint density at radius 1 is 0.463 bits per heavy atom. The summed E-state index contributed by atoms with van der Waals surface area (Å²) in [6.07, 6.45) is 17.3. The summed E-state index contributed by atoms with van der Waals surface area (Å²) in [7, 11) is 0. The molecule has 0 aliphatic rings. The van der Waals surface area contributed by atoms with Crippen LogP contribution in [0.3, 0.4) is 0 Å².